The van der Waals surface area contributed by atoms with Gasteiger partial charge in [0.15, 0.2) is 0 Å². The summed E-state index contributed by atoms with van der Waals surface area (Å²) < 4.78 is 26.4. The van der Waals surface area contributed by atoms with E-state index in [9.17, 15) is 9.90 Å². The number of halogens is 1. The first-order valence-electron chi connectivity index (χ1n) is 14.8. The summed E-state index contributed by atoms with van der Waals surface area (Å²) in [5.74, 6) is -0.0686. The molecule has 0 radical (unpaired) electrons. The van der Waals surface area contributed by atoms with Crippen molar-refractivity contribution in [3.8, 4) is 11.1 Å². The number of nitrogens with two attached hydrogens (primary N) is 1. The Bertz CT molecular complexity index is 1120. The molecule has 2 aromatic carbocycles. The van der Waals surface area contributed by atoms with Crippen LogP contribution in [-0.2, 0) is 21.5 Å². The Labute approximate surface area is 238 Å². The van der Waals surface area contributed by atoms with E-state index >= 15 is 4.39 Å². The van der Waals surface area contributed by atoms with Crippen molar-refractivity contribution in [1.29, 1.82) is 0 Å². The van der Waals surface area contributed by atoms with E-state index in [1.807, 2.05) is 30.3 Å². The second-order valence-corrected chi connectivity index (χ2v) is 11.4. The number of carbonyl (C=O) groups is 1. The summed E-state index contributed by atoms with van der Waals surface area (Å²) in [5.41, 5.74) is 7.85. The molecule has 0 spiro atoms. The van der Waals surface area contributed by atoms with Gasteiger partial charge in [-0.15, -0.1) is 0 Å². The van der Waals surface area contributed by atoms with Gasteiger partial charge >= 0.3 is 6.09 Å². The summed E-state index contributed by atoms with van der Waals surface area (Å²) >= 11 is 0. The number of nitrogens with one attached hydrogen (secondary N) is 1. The Balaban J connectivity index is 1.58. The first-order chi connectivity index (χ1) is 19.4. The molecule has 0 bridgehead atoms. The lowest BCUT2D eigenvalue weighted by atomic mass is 9.72. The number of hydrogen-bond acceptors (Lipinski definition) is 6. The molecule has 4 rings (SSSR count). The molecule has 1 saturated carbocycles. The second kappa shape index (κ2) is 14.4. The molecule has 1 saturated heterocycles. The van der Waals surface area contributed by atoms with E-state index < -0.39 is 11.7 Å². The van der Waals surface area contributed by atoms with Crippen LogP contribution >= 0.6 is 0 Å². The summed E-state index contributed by atoms with van der Waals surface area (Å²) in [7, 11) is 1.33. The monoisotopic (exact) mass is 555 g/mol. The Morgan fingerprint density at radius 3 is 2.77 bits per heavy atom. The Morgan fingerprint density at radius 2 is 2.02 bits per heavy atom. The van der Waals surface area contributed by atoms with Gasteiger partial charge < -0.3 is 25.6 Å². The third-order valence-electron chi connectivity index (χ3n) is 8.80. The van der Waals surface area contributed by atoms with E-state index in [-0.39, 0.29) is 17.8 Å². The van der Waals surface area contributed by atoms with Gasteiger partial charge in [-0.05, 0) is 73.6 Å². The summed E-state index contributed by atoms with van der Waals surface area (Å²) in [6.45, 7) is 5.11. The zero-order valence-electron chi connectivity index (χ0n) is 24.0. The van der Waals surface area contributed by atoms with Crippen molar-refractivity contribution < 1.29 is 23.8 Å². The molecule has 2 fully saturated rings. The van der Waals surface area contributed by atoms with Crippen LogP contribution in [0.15, 0.2) is 42.5 Å². The first kappa shape index (κ1) is 30.4. The summed E-state index contributed by atoms with van der Waals surface area (Å²) in [6, 6.07) is 13.1. The number of piperidine rings is 1. The lowest BCUT2D eigenvalue weighted by Crippen LogP contribution is -2.47. The number of benzene rings is 2. The fourth-order valence-corrected chi connectivity index (χ4v) is 6.47. The zero-order valence-corrected chi connectivity index (χ0v) is 24.0. The molecule has 1 amide bonds. The number of alkyl carbamates (subject to hydrolysis) is 1. The molecule has 40 heavy (non-hydrogen) atoms. The number of rotatable bonds is 12. The number of amides is 1. The van der Waals surface area contributed by atoms with E-state index in [1.165, 1.54) is 13.2 Å². The van der Waals surface area contributed by atoms with Gasteiger partial charge in [0, 0.05) is 37.2 Å². The van der Waals surface area contributed by atoms with Crippen molar-refractivity contribution in [3.63, 3.8) is 0 Å². The Hall–Kier alpha value is -2.52. The minimum atomic E-state index is -1.30. The molecule has 1 aliphatic carbocycles. The molecule has 220 valence electrons. The summed E-state index contributed by atoms with van der Waals surface area (Å²) in [5, 5.41) is 15.3. The van der Waals surface area contributed by atoms with Gasteiger partial charge in [0.05, 0.1) is 26.0 Å². The number of methoxy groups -OCH3 is 1. The van der Waals surface area contributed by atoms with Gasteiger partial charge in [-0.25, -0.2) is 9.18 Å². The predicted octanol–water partition coefficient (Wildman–Crippen LogP) is 5.19. The molecule has 1 aliphatic heterocycles. The molecular weight excluding hydrogens is 509 g/mol. The maximum atomic E-state index is 15.6. The van der Waals surface area contributed by atoms with Gasteiger partial charge in [0.25, 0.3) is 0 Å². The highest BCUT2D eigenvalue weighted by Crippen LogP contribution is 2.44. The molecule has 7 nitrogen and oxygen atoms in total. The number of aliphatic hydroxyl groups is 1. The number of hydrogen-bond donors (Lipinski definition) is 3. The zero-order chi connectivity index (χ0) is 28.5. The van der Waals surface area contributed by atoms with Gasteiger partial charge in [-0.1, -0.05) is 49.7 Å². The van der Waals surface area contributed by atoms with Crippen LogP contribution in [0.25, 0.3) is 11.1 Å². The maximum absolute atomic E-state index is 15.6. The average Bonchev–Trinajstić information content (AvgIpc) is 3.39. The van der Waals surface area contributed by atoms with Crippen LogP contribution in [0, 0.1) is 17.7 Å². The lowest BCUT2D eigenvalue weighted by molar-refractivity contribution is -0.0818. The van der Waals surface area contributed by atoms with E-state index in [4.69, 9.17) is 15.2 Å². The van der Waals surface area contributed by atoms with Crippen LogP contribution in [0.4, 0.5) is 9.18 Å². The molecule has 2 aliphatic rings. The van der Waals surface area contributed by atoms with Gasteiger partial charge in [0.2, 0.25) is 0 Å². The lowest BCUT2D eigenvalue weighted by Gasteiger charge is -2.43. The van der Waals surface area contributed by atoms with Crippen molar-refractivity contribution in [2.24, 2.45) is 17.6 Å². The molecule has 1 heterocycles. The number of likely N-dealkylation sites (tertiary alicyclic amines) is 1. The molecule has 4 N–H and O–H groups in total. The fraction of sp³-hybridized carbons (Fsp3) is 0.594. The third kappa shape index (κ3) is 7.40. The van der Waals surface area contributed by atoms with Crippen LogP contribution in [0.2, 0.25) is 0 Å². The summed E-state index contributed by atoms with van der Waals surface area (Å²) in [6.07, 6.45) is 6.29. The minimum Gasteiger partial charge on any atom is -0.453 e. The standard InChI is InChI=1S/C32H46FN3O4/c1-3-23-9-4-10-24(19-23)30-27(13-6-14-28(30)33)32(38,16-8-17-35-31(37)39-2)26-12-7-18-36(20-26)22-40-21-25-11-5-15-29(25)34/h4,6,9-10,13-14,19,25-26,29,38H,3,5,7-8,11-12,15-18,20-22,34H2,1-2H3,(H,35,37)/t25-,26+,29-,32-/m0/s1. The summed E-state index contributed by atoms with van der Waals surface area (Å²) in [4.78, 5) is 13.9. The van der Waals surface area contributed by atoms with E-state index in [2.05, 4.69) is 17.1 Å². The quantitative estimate of drug-likeness (QED) is 0.312. The SMILES string of the molecule is CCc1cccc(-c2c(F)cccc2[C@](O)(CCCNC(=O)OC)[C@@H]2CCCN(COC[C@@H]3CCC[C@@H]3N)C2)c1. The highest BCUT2D eigenvalue weighted by atomic mass is 19.1. The molecular formula is C32H46FN3O4. The maximum Gasteiger partial charge on any atom is 0.406 e. The number of aryl methyl sites for hydroxylation is 1. The molecule has 4 atom stereocenters. The normalized spacial score (nSPS) is 23.1. The molecule has 2 aromatic rings. The van der Waals surface area contributed by atoms with Crippen molar-refractivity contribution >= 4 is 6.09 Å². The average molecular weight is 556 g/mol. The van der Waals surface area contributed by atoms with E-state index in [1.54, 1.807) is 6.07 Å². The highest BCUT2D eigenvalue weighted by Gasteiger charge is 2.42. The molecule has 8 heteroatoms. The number of ether oxygens (including phenoxy) is 2. The van der Waals surface area contributed by atoms with Crippen molar-refractivity contribution in [2.45, 2.75) is 69.9 Å². The number of carbonyl (C=O) groups excluding carboxylic acids is 1. The Morgan fingerprint density at radius 1 is 1.20 bits per heavy atom. The Kier molecular flexibility index (Phi) is 11.0. The van der Waals surface area contributed by atoms with Crippen LogP contribution in [0.1, 0.15) is 63.0 Å². The molecule has 0 aromatic heterocycles. The van der Waals surface area contributed by atoms with Gasteiger partial charge in [-0.2, -0.15) is 0 Å². The minimum absolute atomic E-state index is 0.133. The van der Waals surface area contributed by atoms with Crippen LogP contribution in [0.5, 0.6) is 0 Å². The van der Waals surface area contributed by atoms with E-state index in [0.717, 1.165) is 56.2 Å². The highest BCUT2D eigenvalue weighted by molar-refractivity contribution is 5.70. The fourth-order valence-electron chi connectivity index (χ4n) is 6.47. The predicted molar refractivity (Wildman–Crippen MR) is 155 cm³/mol. The second-order valence-electron chi connectivity index (χ2n) is 11.4. The van der Waals surface area contributed by atoms with Crippen LogP contribution in [-0.4, -0.2) is 62.2 Å². The number of nitrogens with zero attached hydrogens (tertiary/aromatic N) is 1. The smallest absolute Gasteiger partial charge is 0.406 e. The third-order valence-corrected chi connectivity index (χ3v) is 8.80. The van der Waals surface area contributed by atoms with Crippen LogP contribution in [0.3, 0.4) is 0 Å². The van der Waals surface area contributed by atoms with Crippen molar-refractivity contribution in [2.75, 3.05) is 40.1 Å². The van der Waals surface area contributed by atoms with Crippen LogP contribution < -0.4 is 11.1 Å². The van der Waals surface area contributed by atoms with Crippen molar-refractivity contribution in [1.82, 2.24) is 10.2 Å². The van der Waals surface area contributed by atoms with Gasteiger partial charge in [-0.3, -0.25) is 4.90 Å². The first-order valence-corrected chi connectivity index (χ1v) is 14.8. The topological polar surface area (TPSA) is 97.0 Å². The van der Waals surface area contributed by atoms with Crippen molar-refractivity contribution in [3.05, 3.63) is 59.4 Å². The van der Waals surface area contributed by atoms with Gasteiger partial charge in [0.1, 0.15) is 5.82 Å². The molecule has 0 unspecified atom stereocenters. The largest absolute Gasteiger partial charge is 0.453 e. The van der Waals surface area contributed by atoms with E-state index in [0.29, 0.717) is 56.3 Å².